The number of hydrogen-bond donors (Lipinski definition) is 1. The van der Waals surface area contributed by atoms with Gasteiger partial charge in [0.2, 0.25) is 28.6 Å². The topological polar surface area (TPSA) is 105 Å². The molecule has 1 N–H and O–H groups in total. The van der Waals surface area contributed by atoms with Crippen LogP contribution in [0.3, 0.4) is 0 Å². The smallest absolute Gasteiger partial charge is 0.244 e. The lowest BCUT2D eigenvalue weighted by atomic mass is 10.1. The van der Waals surface area contributed by atoms with Crippen molar-refractivity contribution >= 4 is 27.5 Å². The van der Waals surface area contributed by atoms with Gasteiger partial charge in [0.1, 0.15) is 12.6 Å². The molecule has 0 aromatic heterocycles. The molecule has 0 saturated heterocycles. The second kappa shape index (κ2) is 10.6. The first-order chi connectivity index (χ1) is 16.3. The molecule has 1 atom stereocenters. The molecule has 0 saturated carbocycles. The Kier molecular flexibility index (Phi) is 7.94. The highest BCUT2D eigenvalue weighted by molar-refractivity contribution is 7.92. The van der Waals surface area contributed by atoms with E-state index in [0.717, 1.165) is 16.1 Å². The molecule has 35 heavy (non-hydrogen) atoms. The van der Waals surface area contributed by atoms with Crippen LogP contribution >= 0.6 is 0 Å². The Hall–Kier alpha value is -3.27. The largest absolute Gasteiger partial charge is 0.454 e. The van der Waals surface area contributed by atoms with E-state index in [9.17, 15) is 18.0 Å². The number of benzene rings is 2. The van der Waals surface area contributed by atoms with Crippen molar-refractivity contribution in [2.45, 2.75) is 45.7 Å². The van der Waals surface area contributed by atoms with Gasteiger partial charge in [0, 0.05) is 18.2 Å². The number of nitrogens with zero attached hydrogens (tertiary/aromatic N) is 2. The van der Waals surface area contributed by atoms with Gasteiger partial charge in [0.05, 0.1) is 11.9 Å². The van der Waals surface area contributed by atoms with Crippen LogP contribution in [0, 0.1) is 0 Å². The summed E-state index contributed by atoms with van der Waals surface area (Å²) in [7, 11) is -3.82. The van der Waals surface area contributed by atoms with Crippen LogP contribution in [0.1, 0.15) is 33.3 Å². The van der Waals surface area contributed by atoms with Crippen LogP contribution in [-0.4, -0.2) is 62.9 Å². The highest BCUT2D eigenvalue weighted by Crippen LogP contribution is 2.36. The third kappa shape index (κ3) is 7.11. The first-order valence-corrected chi connectivity index (χ1v) is 13.2. The maximum atomic E-state index is 13.5. The zero-order chi connectivity index (χ0) is 25.8. The second-order valence-electron chi connectivity index (χ2n) is 9.55. The SMILES string of the molecule is C[C@H](C(=O)NC(C)(C)C)N(CCc1ccccc1)C(=O)CN(c1ccc2c(c1)OCO2)S(C)(=O)=O. The van der Waals surface area contributed by atoms with Crippen LogP contribution in [0.2, 0.25) is 0 Å². The van der Waals surface area contributed by atoms with Crippen molar-refractivity contribution < 1.29 is 27.5 Å². The fourth-order valence-electron chi connectivity index (χ4n) is 3.70. The molecule has 190 valence electrons. The van der Waals surface area contributed by atoms with Crippen LogP contribution in [0.25, 0.3) is 0 Å². The minimum absolute atomic E-state index is 0.0459. The molecule has 0 fully saturated rings. The maximum absolute atomic E-state index is 13.5. The van der Waals surface area contributed by atoms with Crippen LogP contribution in [0.15, 0.2) is 48.5 Å². The third-order valence-corrected chi connectivity index (χ3v) is 6.61. The van der Waals surface area contributed by atoms with E-state index in [4.69, 9.17) is 9.47 Å². The van der Waals surface area contributed by atoms with Gasteiger partial charge in [-0.25, -0.2) is 8.42 Å². The van der Waals surface area contributed by atoms with Gasteiger partial charge in [0.25, 0.3) is 0 Å². The van der Waals surface area contributed by atoms with E-state index < -0.39 is 34.1 Å². The Labute approximate surface area is 207 Å². The first kappa shape index (κ1) is 26.3. The second-order valence-corrected chi connectivity index (χ2v) is 11.5. The lowest BCUT2D eigenvalue weighted by Crippen LogP contribution is -2.55. The average molecular weight is 504 g/mol. The number of hydrogen-bond acceptors (Lipinski definition) is 6. The molecule has 3 rings (SSSR count). The van der Waals surface area contributed by atoms with Gasteiger partial charge in [-0.1, -0.05) is 30.3 Å². The summed E-state index contributed by atoms with van der Waals surface area (Å²) < 4.78 is 37.0. The van der Waals surface area contributed by atoms with Crippen LogP contribution in [-0.2, 0) is 26.0 Å². The molecule has 0 bridgehead atoms. The Morgan fingerprint density at radius 2 is 1.71 bits per heavy atom. The summed E-state index contributed by atoms with van der Waals surface area (Å²) >= 11 is 0. The zero-order valence-electron chi connectivity index (χ0n) is 20.8. The summed E-state index contributed by atoms with van der Waals surface area (Å²) in [6.07, 6.45) is 1.55. The van der Waals surface area contributed by atoms with Crippen molar-refractivity contribution in [3.63, 3.8) is 0 Å². The molecule has 10 heteroatoms. The minimum Gasteiger partial charge on any atom is -0.454 e. The van der Waals surface area contributed by atoms with E-state index in [-0.39, 0.29) is 24.9 Å². The monoisotopic (exact) mass is 503 g/mol. The van der Waals surface area contributed by atoms with Gasteiger partial charge in [-0.3, -0.25) is 13.9 Å². The van der Waals surface area contributed by atoms with Crippen molar-refractivity contribution in [1.29, 1.82) is 0 Å². The quantitative estimate of drug-likeness (QED) is 0.564. The van der Waals surface area contributed by atoms with Gasteiger partial charge in [0.15, 0.2) is 11.5 Å². The van der Waals surface area contributed by atoms with Gasteiger partial charge in [-0.15, -0.1) is 0 Å². The highest BCUT2D eigenvalue weighted by Gasteiger charge is 2.31. The molecule has 0 radical (unpaired) electrons. The number of amides is 2. The van der Waals surface area contributed by atoms with E-state index in [1.165, 1.54) is 11.0 Å². The number of anilines is 1. The molecule has 1 aliphatic rings. The number of fused-ring (bicyclic) bond motifs is 1. The summed E-state index contributed by atoms with van der Waals surface area (Å²) in [6.45, 7) is 7.07. The molecule has 1 heterocycles. The number of sulfonamides is 1. The number of carbonyl (C=O) groups is 2. The Morgan fingerprint density at radius 3 is 2.34 bits per heavy atom. The Balaban J connectivity index is 1.86. The van der Waals surface area contributed by atoms with Crippen molar-refractivity contribution in [2.75, 3.05) is 30.4 Å². The van der Waals surface area contributed by atoms with Gasteiger partial charge in [-0.2, -0.15) is 0 Å². The lowest BCUT2D eigenvalue weighted by Gasteiger charge is -2.33. The number of nitrogens with one attached hydrogen (secondary N) is 1. The molecule has 2 aromatic rings. The first-order valence-electron chi connectivity index (χ1n) is 11.4. The standard InChI is InChI=1S/C25H33N3O6S/c1-18(24(30)26-25(2,3)4)27(14-13-19-9-7-6-8-10-19)23(29)16-28(35(5,31)32)20-11-12-21-22(15-20)34-17-33-21/h6-12,15,18H,13-14,16-17H2,1-5H3,(H,26,30)/t18-/m1/s1. The molecular weight excluding hydrogens is 470 g/mol. The minimum atomic E-state index is -3.82. The van der Waals surface area contributed by atoms with E-state index >= 15 is 0 Å². The number of rotatable bonds is 9. The Bertz CT molecular complexity index is 1160. The summed E-state index contributed by atoms with van der Waals surface area (Å²) in [5.41, 5.74) is 0.800. The Morgan fingerprint density at radius 1 is 1.06 bits per heavy atom. The van der Waals surface area contributed by atoms with E-state index in [0.29, 0.717) is 17.9 Å². The number of ether oxygens (including phenoxy) is 2. The van der Waals surface area contributed by atoms with Crippen LogP contribution in [0.4, 0.5) is 5.69 Å². The third-order valence-electron chi connectivity index (χ3n) is 5.47. The highest BCUT2D eigenvalue weighted by atomic mass is 32.2. The van der Waals surface area contributed by atoms with Gasteiger partial charge < -0.3 is 19.7 Å². The van der Waals surface area contributed by atoms with E-state index in [1.54, 1.807) is 19.1 Å². The predicted octanol–water partition coefficient (Wildman–Crippen LogP) is 2.56. The van der Waals surface area contributed by atoms with Crippen molar-refractivity contribution in [2.24, 2.45) is 0 Å². The predicted molar refractivity (Wildman–Crippen MR) is 134 cm³/mol. The maximum Gasteiger partial charge on any atom is 0.244 e. The zero-order valence-corrected chi connectivity index (χ0v) is 21.6. The molecule has 2 amide bonds. The van der Waals surface area contributed by atoms with Crippen molar-refractivity contribution in [1.82, 2.24) is 10.2 Å². The van der Waals surface area contributed by atoms with Crippen molar-refractivity contribution in [3.8, 4) is 11.5 Å². The number of carbonyl (C=O) groups excluding carboxylic acids is 2. The van der Waals surface area contributed by atoms with Crippen LogP contribution < -0.4 is 19.1 Å². The molecule has 9 nitrogen and oxygen atoms in total. The molecule has 2 aromatic carbocycles. The molecule has 1 aliphatic heterocycles. The average Bonchev–Trinajstić information content (AvgIpc) is 3.24. The summed E-state index contributed by atoms with van der Waals surface area (Å²) in [5, 5.41) is 2.90. The summed E-state index contributed by atoms with van der Waals surface area (Å²) in [5.74, 6) is 0.112. The lowest BCUT2D eigenvalue weighted by molar-refractivity contribution is -0.139. The summed E-state index contributed by atoms with van der Waals surface area (Å²) in [6, 6.07) is 13.5. The molecule has 0 aliphatic carbocycles. The molecule has 0 spiro atoms. The normalized spacial score (nSPS) is 13.7. The van der Waals surface area contributed by atoms with Crippen LogP contribution in [0.5, 0.6) is 11.5 Å². The molecule has 0 unspecified atom stereocenters. The summed E-state index contributed by atoms with van der Waals surface area (Å²) in [4.78, 5) is 27.9. The van der Waals surface area contributed by atoms with Gasteiger partial charge in [-0.05, 0) is 51.8 Å². The van der Waals surface area contributed by atoms with Crippen molar-refractivity contribution in [3.05, 3.63) is 54.1 Å². The van der Waals surface area contributed by atoms with Gasteiger partial charge >= 0.3 is 0 Å². The van der Waals surface area contributed by atoms with E-state index in [2.05, 4.69) is 5.32 Å². The fraction of sp³-hybridized carbons (Fsp3) is 0.440. The van der Waals surface area contributed by atoms with E-state index in [1.807, 2.05) is 51.1 Å². The molecular formula is C25H33N3O6S. The fourth-order valence-corrected chi connectivity index (χ4v) is 4.54.